The Bertz CT molecular complexity index is 405. The molecule has 0 aromatic heterocycles. The second kappa shape index (κ2) is 6.18. The van der Waals surface area contributed by atoms with E-state index < -0.39 is 0 Å². The molecular weight excluding hydrogens is 288 g/mol. The highest BCUT2D eigenvalue weighted by Gasteiger charge is 2.33. The van der Waals surface area contributed by atoms with Gasteiger partial charge in [0.1, 0.15) is 0 Å². The van der Waals surface area contributed by atoms with Gasteiger partial charge in [-0.1, -0.05) is 35.0 Å². The van der Waals surface area contributed by atoms with Crippen LogP contribution in [0.5, 0.6) is 0 Å². The number of hydrogen-bond acceptors (Lipinski definition) is 2. The van der Waals surface area contributed by atoms with Crippen molar-refractivity contribution in [1.82, 2.24) is 10.2 Å². The van der Waals surface area contributed by atoms with E-state index in [1.807, 2.05) is 0 Å². The number of halogens is 1. The minimum absolute atomic E-state index is 0.578. The molecule has 2 rings (SSSR count). The topological polar surface area (TPSA) is 15.3 Å². The van der Waals surface area contributed by atoms with Crippen molar-refractivity contribution in [2.24, 2.45) is 5.92 Å². The van der Waals surface area contributed by atoms with Gasteiger partial charge in [-0.15, -0.1) is 0 Å². The average Bonchev–Trinajstić information content (AvgIpc) is 2.76. The lowest BCUT2D eigenvalue weighted by atomic mass is 9.92. The van der Waals surface area contributed by atoms with Gasteiger partial charge in [0, 0.05) is 10.5 Å². The number of aryl methyl sites for hydroxylation is 1. The van der Waals surface area contributed by atoms with Gasteiger partial charge < -0.3 is 5.32 Å². The van der Waals surface area contributed by atoms with Gasteiger partial charge in [-0.2, -0.15) is 0 Å². The van der Waals surface area contributed by atoms with Gasteiger partial charge in [0.25, 0.3) is 0 Å². The van der Waals surface area contributed by atoms with Gasteiger partial charge in [-0.05, 0) is 63.1 Å². The van der Waals surface area contributed by atoms with E-state index in [1.54, 1.807) is 0 Å². The predicted molar refractivity (Wildman–Crippen MR) is 80.9 cm³/mol. The standard InChI is InChI=1S/C15H23BrN2/c1-4-18-8-7-13(10-17-3)15(18)12-5-6-14(16)11(2)9-12/h5-6,9,13,15,17H,4,7-8,10H2,1-3H3. The maximum Gasteiger partial charge on any atom is 0.0388 e. The second-order valence-electron chi connectivity index (χ2n) is 5.19. The van der Waals surface area contributed by atoms with E-state index >= 15 is 0 Å². The smallest absolute Gasteiger partial charge is 0.0388 e. The van der Waals surface area contributed by atoms with E-state index in [9.17, 15) is 0 Å². The fraction of sp³-hybridized carbons (Fsp3) is 0.600. The van der Waals surface area contributed by atoms with Crippen LogP contribution in [0.1, 0.15) is 30.5 Å². The summed E-state index contributed by atoms with van der Waals surface area (Å²) < 4.78 is 1.21. The number of hydrogen-bond donors (Lipinski definition) is 1. The van der Waals surface area contributed by atoms with Crippen molar-refractivity contribution in [3.05, 3.63) is 33.8 Å². The molecule has 1 N–H and O–H groups in total. The van der Waals surface area contributed by atoms with Crippen LogP contribution in [0.4, 0.5) is 0 Å². The van der Waals surface area contributed by atoms with Crippen molar-refractivity contribution in [1.29, 1.82) is 0 Å². The van der Waals surface area contributed by atoms with Crippen LogP contribution in [-0.4, -0.2) is 31.6 Å². The molecule has 1 aliphatic heterocycles. The van der Waals surface area contributed by atoms with Crippen LogP contribution in [-0.2, 0) is 0 Å². The van der Waals surface area contributed by atoms with Gasteiger partial charge >= 0.3 is 0 Å². The molecule has 2 atom stereocenters. The molecule has 100 valence electrons. The Hall–Kier alpha value is -0.380. The second-order valence-corrected chi connectivity index (χ2v) is 6.04. The molecule has 1 fully saturated rings. The summed E-state index contributed by atoms with van der Waals surface area (Å²) in [7, 11) is 2.05. The third-order valence-electron chi connectivity index (χ3n) is 4.02. The van der Waals surface area contributed by atoms with Crippen molar-refractivity contribution in [2.45, 2.75) is 26.3 Å². The molecule has 1 saturated heterocycles. The molecule has 0 amide bonds. The predicted octanol–water partition coefficient (Wildman–Crippen LogP) is 3.36. The number of nitrogens with zero attached hydrogens (tertiary/aromatic N) is 1. The Morgan fingerprint density at radius 3 is 2.83 bits per heavy atom. The highest BCUT2D eigenvalue weighted by atomic mass is 79.9. The summed E-state index contributed by atoms with van der Waals surface area (Å²) in [6.07, 6.45) is 1.30. The van der Waals surface area contributed by atoms with E-state index in [4.69, 9.17) is 0 Å². The zero-order valence-electron chi connectivity index (χ0n) is 11.5. The third-order valence-corrected chi connectivity index (χ3v) is 4.91. The van der Waals surface area contributed by atoms with Crippen LogP contribution in [0, 0.1) is 12.8 Å². The van der Waals surface area contributed by atoms with E-state index in [0.717, 1.165) is 19.0 Å². The molecule has 0 radical (unpaired) electrons. The van der Waals surface area contributed by atoms with Crippen molar-refractivity contribution in [2.75, 3.05) is 26.7 Å². The Morgan fingerprint density at radius 2 is 2.22 bits per heavy atom. The minimum Gasteiger partial charge on any atom is -0.319 e. The molecule has 0 aliphatic carbocycles. The van der Waals surface area contributed by atoms with Crippen LogP contribution in [0.2, 0.25) is 0 Å². The normalized spacial score (nSPS) is 24.7. The highest BCUT2D eigenvalue weighted by molar-refractivity contribution is 9.10. The SMILES string of the molecule is CCN1CCC(CNC)C1c1ccc(Br)c(C)c1. The van der Waals surface area contributed by atoms with E-state index in [0.29, 0.717) is 6.04 Å². The first-order valence-corrected chi connectivity index (χ1v) is 7.61. The summed E-state index contributed by atoms with van der Waals surface area (Å²) in [6, 6.07) is 7.38. The van der Waals surface area contributed by atoms with Crippen LogP contribution in [0.3, 0.4) is 0 Å². The van der Waals surface area contributed by atoms with Gasteiger partial charge in [0.15, 0.2) is 0 Å². The zero-order chi connectivity index (χ0) is 13.1. The zero-order valence-corrected chi connectivity index (χ0v) is 13.1. The fourth-order valence-electron chi connectivity index (χ4n) is 3.09. The van der Waals surface area contributed by atoms with Crippen molar-refractivity contribution in [3.8, 4) is 0 Å². The summed E-state index contributed by atoms with van der Waals surface area (Å²) >= 11 is 3.59. The fourth-order valence-corrected chi connectivity index (χ4v) is 3.34. The van der Waals surface area contributed by atoms with Crippen molar-refractivity contribution < 1.29 is 0 Å². The average molecular weight is 311 g/mol. The molecule has 0 saturated carbocycles. The summed E-state index contributed by atoms with van der Waals surface area (Å²) in [4.78, 5) is 2.60. The summed E-state index contributed by atoms with van der Waals surface area (Å²) in [5.74, 6) is 0.732. The molecule has 1 aliphatic rings. The molecular formula is C15H23BrN2. The Kier molecular flexibility index (Phi) is 4.82. The molecule has 1 aromatic carbocycles. The van der Waals surface area contributed by atoms with Crippen molar-refractivity contribution >= 4 is 15.9 Å². The Labute approximate surface area is 119 Å². The number of likely N-dealkylation sites (tertiary alicyclic amines) is 1. The molecule has 0 spiro atoms. The first-order chi connectivity index (χ1) is 8.67. The molecule has 1 aromatic rings. The lowest BCUT2D eigenvalue weighted by Gasteiger charge is -2.28. The lowest BCUT2D eigenvalue weighted by molar-refractivity contribution is 0.238. The number of nitrogens with one attached hydrogen (secondary N) is 1. The largest absolute Gasteiger partial charge is 0.319 e. The summed E-state index contributed by atoms with van der Waals surface area (Å²) in [5, 5.41) is 3.34. The monoisotopic (exact) mass is 310 g/mol. The lowest BCUT2D eigenvalue weighted by Crippen LogP contribution is -2.29. The van der Waals surface area contributed by atoms with Crippen molar-refractivity contribution in [3.63, 3.8) is 0 Å². The first-order valence-electron chi connectivity index (χ1n) is 6.82. The molecule has 2 unspecified atom stereocenters. The van der Waals surface area contributed by atoms with Gasteiger partial charge in [-0.25, -0.2) is 0 Å². The Balaban J connectivity index is 2.28. The highest BCUT2D eigenvalue weighted by Crippen LogP contribution is 2.37. The van der Waals surface area contributed by atoms with E-state index in [-0.39, 0.29) is 0 Å². The van der Waals surface area contributed by atoms with E-state index in [1.165, 1.54) is 28.6 Å². The minimum atomic E-state index is 0.578. The third kappa shape index (κ3) is 2.79. The van der Waals surface area contributed by atoms with Gasteiger partial charge in [-0.3, -0.25) is 4.90 Å². The molecule has 1 heterocycles. The maximum atomic E-state index is 3.59. The molecule has 18 heavy (non-hydrogen) atoms. The van der Waals surface area contributed by atoms with Gasteiger partial charge in [0.05, 0.1) is 0 Å². The first kappa shape index (κ1) is 14.0. The van der Waals surface area contributed by atoms with Crippen LogP contribution in [0.25, 0.3) is 0 Å². The maximum absolute atomic E-state index is 3.59. The van der Waals surface area contributed by atoms with Crippen LogP contribution < -0.4 is 5.32 Å². The number of rotatable bonds is 4. The van der Waals surface area contributed by atoms with E-state index in [2.05, 4.69) is 65.2 Å². The number of benzene rings is 1. The Morgan fingerprint density at radius 1 is 1.44 bits per heavy atom. The van der Waals surface area contributed by atoms with Gasteiger partial charge in [0.2, 0.25) is 0 Å². The molecule has 3 heteroatoms. The quantitative estimate of drug-likeness (QED) is 0.917. The molecule has 2 nitrogen and oxygen atoms in total. The van der Waals surface area contributed by atoms with Crippen LogP contribution in [0.15, 0.2) is 22.7 Å². The summed E-state index contributed by atoms with van der Waals surface area (Å²) in [5.41, 5.74) is 2.80. The molecule has 0 bridgehead atoms. The van der Waals surface area contributed by atoms with Crippen LogP contribution >= 0.6 is 15.9 Å². The summed E-state index contributed by atoms with van der Waals surface area (Å²) in [6.45, 7) is 7.91.